The normalized spacial score (nSPS) is 19.5. The van der Waals surface area contributed by atoms with E-state index in [4.69, 9.17) is 5.73 Å². The van der Waals surface area contributed by atoms with Crippen molar-refractivity contribution in [3.05, 3.63) is 30.3 Å². The van der Waals surface area contributed by atoms with Crippen LogP contribution in [0, 0.1) is 0 Å². The quantitative estimate of drug-likeness (QED) is 0.423. The second-order valence-electron chi connectivity index (χ2n) is 5.76. The molecule has 1 atom stereocenters. The third kappa shape index (κ3) is 6.52. The summed E-state index contributed by atoms with van der Waals surface area (Å²) in [5.74, 6) is 0.516. The molecule has 5 heteroatoms. The molecule has 0 amide bonds. The zero-order chi connectivity index (χ0) is 14.9. The molecule has 1 heterocycles. The van der Waals surface area contributed by atoms with Crippen LogP contribution in [0.15, 0.2) is 35.3 Å². The lowest BCUT2D eigenvalue weighted by molar-refractivity contribution is 0.151. The lowest BCUT2D eigenvalue weighted by Crippen LogP contribution is -2.42. The fourth-order valence-electron chi connectivity index (χ4n) is 2.83. The van der Waals surface area contributed by atoms with Crippen molar-refractivity contribution in [2.45, 2.75) is 45.1 Å². The zero-order valence-corrected chi connectivity index (χ0v) is 15.8. The van der Waals surface area contributed by atoms with Crippen LogP contribution in [0.1, 0.15) is 39.0 Å². The van der Waals surface area contributed by atoms with E-state index in [0.717, 1.165) is 12.2 Å². The van der Waals surface area contributed by atoms with Crippen LogP contribution in [0.2, 0.25) is 0 Å². The highest BCUT2D eigenvalue weighted by Crippen LogP contribution is 2.18. The number of nitrogens with zero attached hydrogens (tertiary/aromatic N) is 2. The van der Waals surface area contributed by atoms with Crippen molar-refractivity contribution < 1.29 is 0 Å². The molecule has 1 saturated heterocycles. The summed E-state index contributed by atoms with van der Waals surface area (Å²) in [7, 11) is 0. The summed E-state index contributed by atoms with van der Waals surface area (Å²) < 4.78 is 0. The molecule has 0 aliphatic carbocycles. The maximum absolute atomic E-state index is 5.99. The molecule has 3 N–H and O–H groups in total. The minimum absolute atomic E-state index is 0. The standard InChI is InChI=1S/C17H28N4.HI/c1-2-3-12-21-13-8-7-11-16(21)14-19-17(18)20-15-9-5-4-6-10-15;/h4-6,9-10,16H,2-3,7-8,11-14H2,1H3,(H3,18,19,20);1H. The van der Waals surface area contributed by atoms with E-state index in [9.17, 15) is 0 Å². The molecule has 1 aromatic carbocycles. The second-order valence-corrected chi connectivity index (χ2v) is 5.76. The Balaban J connectivity index is 0.00000242. The van der Waals surface area contributed by atoms with Gasteiger partial charge < -0.3 is 11.1 Å². The fraction of sp³-hybridized carbons (Fsp3) is 0.588. The Hall–Kier alpha value is -0.820. The predicted molar refractivity (Wildman–Crippen MR) is 106 cm³/mol. The molecule has 124 valence electrons. The number of benzene rings is 1. The summed E-state index contributed by atoms with van der Waals surface area (Å²) in [5.41, 5.74) is 6.98. The van der Waals surface area contributed by atoms with Gasteiger partial charge in [0.2, 0.25) is 0 Å². The Kier molecular flexibility index (Phi) is 9.47. The number of para-hydroxylation sites is 1. The monoisotopic (exact) mass is 416 g/mol. The van der Waals surface area contributed by atoms with E-state index in [1.54, 1.807) is 0 Å². The van der Waals surface area contributed by atoms with Gasteiger partial charge in [-0.1, -0.05) is 38.0 Å². The number of unbranched alkanes of at least 4 members (excludes halogenated alkanes) is 1. The van der Waals surface area contributed by atoms with Gasteiger partial charge in [-0.05, 0) is 44.5 Å². The van der Waals surface area contributed by atoms with Gasteiger partial charge in [-0.25, -0.2) is 0 Å². The minimum Gasteiger partial charge on any atom is -0.370 e. The summed E-state index contributed by atoms with van der Waals surface area (Å²) >= 11 is 0. The second kappa shape index (κ2) is 10.8. The van der Waals surface area contributed by atoms with Gasteiger partial charge in [0.05, 0.1) is 6.54 Å². The molecule has 1 aliphatic heterocycles. The SMILES string of the molecule is CCCCN1CCCCC1CN=C(N)Nc1ccccc1.I. The number of piperidine rings is 1. The molecule has 4 nitrogen and oxygen atoms in total. The number of guanidine groups is 1. The lowest BCUT2D eigenvalue weighted by atomic mass is 10.0. The number of aliphatic imine (C=N–C) groups is 1. The van der Waals surface area contributed by atoms with E-state index in [1.165, 1.54) is 45.2 Å². The smallest absolute Gasteiger partial charge is 0.193 e. The average Bonchev–Trinajstić information content (AvgIpc) is 2.52. The number of rotatable bonds is 6. The largest absolute Gasteiger partial charge is 0.370 e. The molecule has 2 rings (SSSR count). The molecule has 0 aromatic heterocycles. The van der Waals surface area contributed by atoms with Crippen LogP contribution >= 0.6 is 24.0 Å². The van der Waals surface area contributed by atoms with Gasteiger partial charge in [0.1, 0.15) is 0 Å². The number of likely N-dealkylation sites (tertiary alicyclic amines) is 1. The number of hydrogen-bond acceptors (Lipinski definition) is 2. The third-order valence-corrected chi connectivity index (χ3v) is 4.07. The van der Waals surface area contributed by atoms with Crippen molar-refractivity contribution in [3.8, 4) is 0 Å². The number of anilines is 1. The van der Waals surface area contributed by atoms with Gasteiger partial charge in [-0.2, -0.15) is 0 Å². The van der Waals surface area contributed by atoms with E-state index in [-0.39, 0.29) is 24.0 Å². The maximum atomic E-state index is 5.99. The highest BCUT2D eigenvalue weighted by Gasteiger charge is 2.21. The van der Waals surface area contributed by atoms with Crippen molar-refractivity contribution in [1.29, 1.82) is 0 Å². The van der Waals surface area contributed by atoms with Crippen LogP contribution in [-0.4, -0.2) is 36.5 Å². The van der Waals surface area contributed by atoms with Crippen LogP contribution in [0.5, 0.6) is 0 Å². The van der Waals surface area contributed by atoms with Crippen LogP contribution in [0.4, 0.5) is 5.69 Å². The fourth-order valence-corrected chi connectivity index (χ4v) is 2.83. The average molecular weight is 416 g/mol. The molecule has 0 radical (unpaired) electrons. The van der Waals surface area contributed by atoms with Gasteiger partial charge in [-0.3, -0.25) is 9.89 Å². The number of hydrogen-bond donors (Lipinski definition) is 2. The van der Waals surface area contributed by atoms with E-state index in [1.807, 2.05) is 30.3 Å². The van der Waals surface area contributed by atoms with Crippen molar-refractivity contribution in [2.75, 3.05) is 25.0 Å². The Morgan fingerprint density at radius 3 is 2.82 bits per heavy atom. The lowest BCUT2D eigenvalue weighted by Gasteiger charge is -2.34. The summed E-state index contributed by atoms with van der Waals surface area (Å²) in [4.78, 5) is 7.13. The summed E-state index contributed by atoms with van der Waals surface area (Å²) in [5, 5.41) is 3.15. The first-order valence-electron chi connectivity index (χ1n) is 8.15. The molecule has 1 fully saturated rings. The summed E-state index contributed by atoms with van der Waals surface area (Å²) in [6.45, 7) is 5.46. The van der Waals surface area contributed by atoms with Crippen LogP contribution in [-0.2, 0) is 0 Å². The van der Waals surface area contributed by atoms with Gasteiger partial charge in [0.25, 0.3) is 0 Å². The van der Waals surface area contributed by atoms with E-state index in [2.05, 4.69) is 22.1 Å². The van der Waals surface area contributed by atoms with E-state index < -0.39 is 0 Å². The van der Waals surface area contributed by atoms with Crippen molar-refractivity contribution in [1.82, 2.24) is 4.90 Å². The predicted octanol–water partition coefficient (Wildman–Crippen LogP) is 3.69. The molecule has 1 aliphatic rings. The summed E-state index contributed by atoms with van der Waals surface area (Å²) in [6, 6.07) is 10.5. The molecule has 0 spiro atoms. The van der Waals surface area contributed by atoms with Gasteiger partial charge >= 0.3 is 0 Å². The Labute approximate surface area is 151 Å². The van der Waals surface area contributed by atoms with Crippen molar-refractivity contribution >= 4 is 35.6 Å². The van der Waals surface area contributed by atoms with Gasteiger partial charge in [0, 0.05) is 11.7 Å². The van der Waals surface area contributed by atoms with Crippen LogP contribution < -0.4 is 11.1 Å². The van der Waals surface area contributed by atoms with E-state index in [0.29, 0.717) is 12.0 Å². The first-order valence-corrected chi connectivity index (χ1v) is 8.15. The Morgan fingerprint density at radius 1 is 1.32 bits per heavy atom. The number of nitrogens with two attached hydrogens (primary N) is 1. The highest BCUT2D eigenvalue weighted by atomic mass is 127. The summed E-state index contributed by atoms with van der Waals surface area (Å²) in [6.07, 6.45) is 6.41. The van der Waals surface area contributed by atoms with Crippen molar-refractivity contribution in [2.24, 2.45) is 10.7 Å². The maximum Gasteiger partial charge on any atom is 0.193 e. The number of halogens is 1. The van der Waals surface area contributed by atoms with E-state index >= 15 is 0 Å². The molecule has 0 saturated carbocycles. The highest BCUT2D eigenvalue weighted by molar-refractivity contribution is 14.0. The van der Waals surface area contributed by atoms with Gasteiger partial charge in [-0.15, -0.1) is 24.0 Å². The Bertz CT molecular complexity index is 436. The number of nitrogens with one attached hydrogen (secondary N) is 1. The molecule has 1 aromatic rings. The molecule has 1 unspecified atom stereocenters. The topological polar surface area (TPSA) is 53.6 Å². The van der Waals surface area contributed by atoms with Crippen LogP contribution in [0.3, 0.4) is 0 Å². The third-order valence-electron chi connectivity index (χ3n) is 4.07. The molecule has 0 bridgehead atoms. The van der Waals surface area contributed by atoms with Crippen LogP contribution in [0.25, 0.3) is 0 Å². The van der Waals surface area contributed by atoms with Crippen molar-refractivity contribution in [3.63, 3.8) is 0 Å². The first kappa shape index (κ1) is 19.2. The first-order chi connectivity index (χ1) is 10.3. The molecular weight excluding hydrogens is 387 g/mol. The minimum atomic E-state index is 0. The van der Waals surface area contributed by atoms with Gasteiger partial charge in [0.15, 0.2) is 5.96 Å². The zero-order valence-electron chi connectivity index (χ0n) is 13.5. The Morgan fingerprint density at radius 2 is 2.09 bits per heavy atom. The molecule has 22 heavy (non-hydrogen) atoms. The molecular formula is C17H29IN4.